The Kier molecular flexibility index (Phi) is 5.41. The Labute approximate surface area is 138 Å². The molecular formula is C16H27N3O3S. The van der Waals surface area contributed by atoms with E-state index in [0.29, 0.717) is 6.42 Å². The minimum absolute atomic E-state index is 0.119. The first-order valence-electron chi connectivity index (χ1n) is 8.51. The molecule has 1 aliphatic carbocycles. The average molecular weight is 341 g/mol. The van der Waals surface area contributed by atoms with Crippen molar-refractivity contribution in [2.24, 2.45) is 0 Å². The number of rotatable bonds is 6. The fraction of sp³-hybridized carbons (Fsp3) is 0.750. The highest BCUT2D eigenvalue weighted by molar-refractivity contribution is 7.89. The minimum Gasteiger partial charge on any atom is -0.469 e. The summed E-state index contributed by atoms with van der Waals surface area (Å²) in [6.45, 7) is 5.05. The van der Waals surface area contributed by atoms with Crippen molar-refractivity contribution in [2.45, 2.75) is 31.7 Å². The molecule has 130 valence electrons. The zero-order chi connectivity index (χ0) is 16.3. The first-order valence-corrected chi connectivity index (χ1v) is 10.2. The number of likely N-dealkylation sites (N-methyl/N-ethyl adjacent to an activating group) is 1. The van der Waals surface area contributed by atoms with Gasteiger partial charge in [0.25, 0.3) is 0 Å². The van der Waals surface area contributed by atoms with E-state index >= 15 is 0 Å². The third-order valence-electron chi connectivity index (χ3n) is 4.86. The normalized spacial score (nSPS) is 23.8. The molecule has 6 nitrogen and oxygen atoms in total. The van der Waals surface area contributed by atoms with Crippen LogP contribution in [0.25, 0.3) is 0 Å². The van der Waals surface area contributed by atoms with Gasteiger partial charge in [0.1, 0.15) is 5.76 Å². The number of hydrogen-bond acceptors (Lipinski definition) is 5. The van der Waals surface area contributed by atoms with Crippen molar-refractivity contribution < 1.29 is 12.8 Å². The third-order valence-corrected chi connectivity index (χ3v) is 6.33. The Balaban J connectivity index is 1.47. The fourth-order valence-electron chi connectivity index (χ4n) is 3.43. The molecule has 1 aliphatic heterocycles. The number of sulfonamides is 1. The lowest BCUT2D eigenvalue weighted by atomic mass is 9.94. The van der Waals surface area contributed by atoms with Crippen LogP contribution in [-0.2, 0) is 16.4 Å². The largest absolute Gasteiger partial charge is 0.469 e. The molecule has 7 heteroatoms. The molecule has 2 aliphatic rings. The molecule has 0 aromatic carbocycles. The Morgan fingerprint density at radius 1 is 1.30 bits per heavy atom. The molecular weight excluding hydrogens is 314 g/mol. The number of aryl methyl sites for hydroxylation is 1. The molecule has 0 amide bonds. The van der Waals surface area contributed by atoms with Gasteiger partial charge >= 0.3 is 0 Å². The molecule has 1 aromatic heterocycles. The SMILES string of the molecule is CN1CCN(CCCS(=O)(=O)NC2CCCc3occc32)CC1. The lowest BCUT2D eigenvalue weighted by Crippen LogP contribution is -2.45. The molecule has 0 spiro atoms. The second-order valence-electron chi connectivity index (χ2n) is 6.68. The van der Waals surface area contributed by atoms with Crippen LogP contribution < -0.4 is 4.72 Å². The lowest BCUT2D eigenvalue weighted by Gasteiger charge is -2.32. The molecule has 0 bridgehead atoms. The average Bonchev–Trinajstić information content (AvgIpc) is 2.98. The molecule has 1 saturated heterocycles. The van der Waals surface area contributed by atoms with E-state index in [-0.39, 0.29) is 11.8 Å². The predicted molar refractivity (Wildman–Crippen MR) is 89.9 cm³/mol. The molecule has 1 unspecified atom stereocenters. The summed E-state index contributed by atoms with van der Waals surface area (Å²) >= 11 is 0. The van der Waals surface area contributed by atoms with Crippen molar-refractivity contribution in [3.05, 3.63) is 23.7 Å². The zero-order valence-electron chi connectivity index (χ0n) is 13.8. The molecule has 1 fully saturated rings. The summed E-state index contributed by atoms with van der Waals surface area (Å²) in [7, 11) is -1.12. The first kappa shape index (κ1) is 17.0. The summed E-state index contributed by atoms with van der Waals surface area (Å²) in [6, 6.07) is 1.78. The lowest BCUT2D eigenvalue weighted by molar-refractivity contribution is 0.154. The quantitative estimate of drug-likeness (QED) is 0.843. The van der Waals surface area contributed by atoms with Crippen LogP contribution >= 0.6 is 0 Å². The fourth-order valence-corrected chi connectivity index (χ4v) is 4.74. The van der Waals surface area contributed by atoms with E-state index in [1.54, 1.807) is 6.26 Å². The van der Waals surface area contributed by atoms with Gasteiger partial charge in [0, 0.05) is 38.2 Å². The Hall–Kier alpha value is -0.890. The summed E-state index contributed by atoms with van der Waals surface area (Å²) in [5, 5.41) is 0. The molecule has 23 heavy (non-hydrogen) atoms. The summed E-state index contributed by atoms with van der Waals surface area (Å²) in [4.78, 5) is 4.66. The van der Waals surface area contributed by atoms with E-state index in [2.05, 4.69) is 21.6 Å². The van der Waals surface area contributed by atoms with Gasteiger partial charge < -0.3 is 14.2 Å². The number of furan rings is 1. The van der Waals surface area contributed by atoms with Crippen LogP contribution in [-0.4, -0.2) is 63.7 Å². The van der Waals surface area contributed by atoms with Crippen LogP contribution in [0.4, 0.5) is 0 Å². The van der Waals surface area contributed by atoms with Crippen molar-refractivity contribution in [2.75, 3.05) is 45.5 Å². The van der Waals surface area contributed by atoms with Gasteiger partial charge in [-0.25, -0.2) is 13.1 Å². The second-order valence-corrected chi connectivity index (χ2v) is 8.55. The predicted octanol–water partition coefficient (Wildman–Crippen LogP) is 1.21. The second kappa shape index (κ2) is 7.34. The van der Waals surface area contributed by atoms with Gasteiger partial charge in [0.2, 0.25) is 10.0 Å². The highest BCUT2D eigenvalue weighted by atomic mass is 32.2. The van der Waals surface area contributed by atoms with Crippen molar-refractivity contribution >= 4 is 10.0 Å². The number of fused-ring (bicyclic) bond motifs is 1. The monoisotopic (exact) mass is 341 g/mol. The maximum atomic E-state index is 12.4. The third kappa shape index (κ3) is 4.56. The van der Waals surface area contributed by atoms with Gasteiger partial charge in [0.15, 0.2) is 0 Å². The van der Waals surface area contributed by atoms with E-state index in [1.165, 1.54) is 0 Å². The minimum atomic E-state index is -3.24. The maximum Gasteiger partial charge on any atom is 0.212 e. The Morgan fingerprint density at radius 2 is 2.09 bits per heavy atom. The van der Waals surface area contributed by atoms with E-state index in [4.69, 9.17) is 4.42 Å². The van der Waals surface area contributed by atoms with Gasteiger partial charge in [-0.3, -0.25) is 0 Å². The smallest absolute Gasteiger partial charge is 0.212 e. The summed E-state index contributed by atoms with van der Waals surface area (Å²) in [5.41, 5.74) is 1.01. The van der Waals surface area contributed by atoms with Crippen molar-refractivity contribution in [3.8, 4) is 0 Å². The van der Waals surface area contributed by atoms with Crippen LogP contribution in [0.15, 0.2) is 16.7 Å². The molecule has 3 rings (SSSR count). The van der Waals surface area contributed by atoms with Gasteiger partial charge in [-0.2, -0.15) is 0 Å². The van der Waals surface area contributed by atoms with Gasteiger partial charge in [-0.05, 0) is 38.9 Å². The van der Waals surface area contributed by atoms with Gasteiger partial charge in [-0.1, -0.05) is 0 Å². The number of hydrogen-bond donors (Lipinski definition) is 1. The molecule has 0 radical (unpaired) electrons. The molecule has 0 saturated carbocycles. The van der Waals surface area contributed by atoms with Crippen molar-refractivity contribution in [1.29, 1.82) is 0 Å². The number of nitrogens with zero attached hydrogens (tertiary/aromatic N) is 2. The Morgan fingerprint density at radius 3 is 2.87 bits per heavy atom. The Bertz CT molecular complexity index is 606. The van der Waals surface area contributed by atoms with E-state index in [0.717, 1.165) is 63.3 Å². The topological polar surface area (TPSA) is 65.8 Å². The molecule has 2 heterocycles. The van der Waals surface area contributed by atoms with Crippen LogP contribution in [0.5, 0.6) is 0 Å². The summed E-state index contributed by atoms with van der Waals surface area (Å²) in [5.74, 6) is 1.13. The molecule has 1 aromatic rings. The molecule has 1 N–H and O–H groups in total. The van der Waals surface area contributed by atoms with Gasteiger partial charge in [0.05, 0.1) is 18.1 Å². The van der Waals surface area contributed by atoms with Crippen LogP contribution in [0.2, 0.25) is 0 Å². The van der Waals surface area contributed by atoms with Crippen LogP contribution in [0.1, 0.15) is 36.6 Å². The zero-order valence-corrected chi connectivity index (χ0v) is 14.6. The van der Waals surface area contributed by atoms with Crippen LogP contribution in [0.3, 0.4) is 0 Å². The highest BCUT2D eigenvalue weighted by Gasteiger charge is 2.26. The summed E-state index contributed by atoms with van der Waals surface area (Å²) in [6.07, 6.45) is 5.07. The van der Waals surface area contributed by atoms with Gasteiger partial charge in [-0.15, -0.1) is 0 Å². The highest BCUT2D eigenvalue weighted by Crippen LogP contribution is 2.30. The van der Waals surface area contributed by atoms with E-state index in [1.807, 2.05) is 6.07 Å². The summed E-state index contributed by atoms with van der Waals surface area (Å²) < 4.78 is 33.0. The van der Waals surface area contributed by atoms with Crippen molar-refractivity contribution in [3.63, 3.8) is 0 Å². The maximum absolute atomic E-state index is 12.4. The van der Waals surface area contributed by atoms with E-state index < -0.39 is 10.0 Å². The van der Waals surface area contributed by atoms with E-state index in [9.17, 15) is 8.42 Å². The molecule has 1 atom stereocenters. The number of piperazine rings is 1. The number of nitrogens with one attached hydrogen (secondary N) is 1. The van der Waals surface area contributed by atoms with Crippen molar-refractivity contribution in [1.82, 2.24) is 14.5 Å². The first-order chi connectivity index (χ1) is 11.0. The standard InChI is InChI=1S/C16H27N3O3S/c1-18-8-10-19(11-9-18)7-3-13-23(20,21)17-15-4-2-5-16-14(15)6-12-22-16/h6,12,15,17H,2-5,7-11,13H2,1H3. The van der Waals surface area contributed by atoms with Crippen LogP contribution in [0, 0.1) is 0 Å².